The van der Waals surface area contributed by atoms with Crippen LogP contribution in [0, 0.1) is 0 Å². The van der Waals surface area contributed by atoms with Crippen molar-refractivity contribution >= 4 is 12.0 Å². The van der Waals surface area contributed by atoms with Crippen LogP contribution in [0.4, 0.5) is 4.79 Å². The van der Waals surface area contributed by atoms with Crippen LogP contribution < -0.4 is 10.6 Å². The summed E-state index contributed by atoms with van der Waals surface area (Å²) >= 11 is 0. The number of aliphatic hydroxyl groups excluding tert-OH is 2. The maximum absolute atomic E-state index is 11.7. The largest absolute Gasteiger partial charge is 0.447 e. The molecule has 4 N–H and O–H groups in total. The maximum Gasteiger partial charge on any atom is 0.407 e. The molecule has 0 aromatic carbocycles. The van der Waals surface area contributed by atoms with Gasteiger partial charge in [-0.15, -0.1) is 0 Å². The van der Waals surface area contributed by atoms with E-state index in [0.717, 1.165) is 25.3 Å². The number of alkyl carbamates (subject to hydrolysis) is 1. The maximum atomic E-state index is 11.7. The van der Waals surface area contributed by atoms with E-state index in [1.165, 1.54) is 38.5 Å². The molecule has 0 saturated heterocycles. The van der Waals surface area contributed by atoms with Crippen LogP contribution in [-0.2, 0) is 9.53 Å². The minimum absolute atomic E-state index is 0.330. The topological polar surface area (TPSA) is 108 Å². The second-order valence-electron chi connectivity index (χ2n) is 6.62. The molecule has 2 amide bonds. The molecule has 0 unspecified atom stereocenters. The number of aliphatic hydroxyl groups is 2. The Kier molecular flexibility index (Phi) is 14.7. The molecule has 0 bridgehead atoms. The normalized spacial score (nSPS) is 11.0. The first kappa shape index (κ1) is 24.4. The van der Waals surface area contributed by atoms with Crippen molar-refractivity contribution in [1.82, 2.24) is 10.6 Å². The summed E-state index contributed by atoms with van der Waals surface area (Å²) in [5.41, 5.74) is -1.42. The highest BCUT2D eigenvalue weighted by Gasteiger charge is 2.32. The molecule has 0 fully saturated rings. The summed E-state index contributed by atoms with van der Waals surface area (Å²) in [5.74, 6) is -0.563. The van der Waals surface area contributed by atoms with Crippen LogP contribution in [0.3, 0.4) is 0 Å². The summed E-state index contributed by atoms with van der Waals surface area (Å²) in [6.07, 6.45) is 11.2. The fourth-order valence-electron chi connectivity index (χ4n) is 2.45. The van der Waals surface area contributed by atoms with E-state index in [1.807, 2.05) is 0 Å². The molecule has 7 heteroatoms. The predicted octanol–water partition coefficient (Wildman–Crippen LogP) is 2.27. The van der Waals surface area contributed by atoms with Crippen LogP contribution in [0.1, 0.15) is 64.7 Å². The van der Waals surface area contributed by atoms with Gasteiger partial charge in [0.2, 0.25) is 5.91 Å². The fraction of sp³-hybridized carbons (Fsp3) is 0.789. The van der Waals surface area contributed by atoms with Crippen LogP contribution in [0.5, 0.6) is 0 Å². The van der Waals surface area contributed by atoms with Crippen LogP contribution in [0.2, 0.25) is 0 Å². The molecule has 0 rings (SSSR count). The first-order valence-electron chi connectivity index (χ1n) is 9.60. The lowest BCUT2D eigenvalue weighted by molar-refractivity contribution is -0.120. The van der Waals surface area contributed by atoms with Crippen molar-refractivity contribution in [3.63, 3.8) is 0 Å². The van der Waals surface area contributed by atoms with Gasteiger partial charge in [-0.3, -0.25) is 4.79 Å². The number of unbranched alkanes of at least 4 members (excludes halogenated alkanes) is 8. The van der Waals surface area contributed by atoms with Gasteiger partial charge in [0.1, 0.15) is 12.1 Å². The summed E-state index contributed by atoms with van der Waals surface area (Å²) in [6.45, 7) is 4.57. The second kappa shape index (κ2) is 15.6. The molecular weight excluding hydrogens is 336 g/mol. The number of hydrogen-bond acceptors (Lipinski definition) is 5. The van der Waals surface area contributed by atoms with Gasteiger partial charge in [-0.05, 0) is 12.5 Å². The number of amides is 2. The van der Waals surface area contributed by atoms with Gasteiger partial charge in [-0.1, -0.05) is 64.9 Å². The third-order valence-corrected chi connectivity index (χ3v) is 4.21. The molecule has 26 heavy (non-hydrogen) atoms. The van der Waals surface area contributed by atoms with Crippen molar-refractivity contribution in [2.24, 2.45) is 0 Å². The van der Waals surface area contributed by atoms with Gasteiger partial charge < -0.3 is 25.6 Å². The zero-order valence-corrected chi connectivity index (χ0v) is 16.1. The van der Waals surface area contributed by atoms with Gasteiger partial charge in [0.25, 0.3) is 0 Å². The highest BCUT2D eigenvalue weighted by Crippen LogP contribution is 2.09. The number of carbonyl (C=O) groups excluding carboxylic acids is 2. The van der Waals surface area contributed by atoms with Crippen molar-refractivity contribution < 1.29 is 24.5 Å². The molecule has 0 aromatic rings. The standard InChI is InChI=1S/C19H36N2O5/c1-3-5-6-7-8-9-10-11-12-13-20-18(25)26-16-19(14-22,15-23)21-17(24)4-2/h4,22-23H,2-3,5-16H2,1H3,(H,20,25)(H,21,24). The van der Waals surface area contributed by atoms with Crippen LogP contribution in [0.25, 0.3) is 0 Å². The smallest absolute Gasteiger partial charge is 0.407 e. The fourth-order valence-corrected chi connectivity index (χ4v) is 2.45. The molecule has 0 aliphatic carbocycles. The van der Waals surface area contributed by atoms with Crippen LogP contribution in [0.15, 0.2) is 12.7 Å². The molecule has 0 spiro atoms. The lowest BCUT2D eigenvalue weighted by Crippen LogP contribution is -2.57. The molecule has 0 aliphatic heterocycles. The van der Waals surface area contributed by atoms with Crippen molar-refractivity contribution in [2.45, 2.75) is 70.3 Å². The first-order valence-corrected chi connectivity index (χ1v) is 9.60. The average Bonchev–Trinajstić information content (AvgIpc) is 2.66. The third-order valence-electron chi connectivity index (χ3n) is 4.21. The van der Waals surface area contributed by atoms with Crippen molar-refractivity contribution in [2.75, 3.05) is 26.4 Å². The average molecular weight is 373 g/mol. The Balaban J connectivity index is 3.80. The first-order chi connectivity index (χ1) is 12.5. The third kappa shape index (κ3) is 11.9. The SMILES string of the molecule is C=CC(=O)NC(CO)(CO)COC(=O)NCCCCCCCCCCC. The van der Waals surface area contributed by atoms with E-state index in [9.17, 15) is 19.8 Å². The lowest BCUT2D eigenvalue weighted by Gasteiger charge is -2.29. The Morgan fingerprint density at radius 2 is 1.54 bits per heavy atom. The predicted molar refractivity (Wildman–Crippen MR) is 102 cm³/mol. The molecular formula is C19H36N2O5. The van der Waals surface area contributed by atoms with E-state index in [4.69, 9.17) is 4.74 Å². The lowest BCUT2D eigenvalue weighted by atomic mass is 10.0. The van der Waals surface area contributed by atoms with E-state index < -0.39 is 30.8 Å². The van der Waals surface area contributed by atoms with Crippen molar-refractivity contribution in [1.29, 1.82) is 0 Å². The van der Waals surface area contributed by atoms with Crippen molar-refractivity contribution in [3.05, 3.63) is 12.7 Å². The van der Waals surface area contributed by atoms with E-state index >= 15 is 0 Å². The van der Waals surface area contributed by atoms with E-state index in [1.54, 1.807) is 0 Å². The second-order valence-corrected chi connectivity index (χ2v) is 6.62. The zero-order chi connectivity index (χ0) is 19.7. The van der Waals surface area contributed by atoms with Gasteiger partial charge >= 0.3 is 6.09 Å². The molecule has 152 valence electrons. The molecule has 0 saturated carbocycles. The Hall–Kier alpha value is -1.60. The van der Waals surface area contributed by atoms with Crippen molar-refractivity contribution in [3.8, 4) is 0 Å². The number of hydrogen-bond donors (Lipinski definition) is 4. The number of ether oxygens (including phenoxy) is 1. The number of rotatable bonds is 16. The minimum atomic E-state index is -1.42. The van der Waals surface area contributed by atoms with Gasteiger partial charge in [0, 0.05) is 6.54 Å². The number of nitrogens with one attached hydrogen (secondary N) is 2. The summed E-state index contributed by atoms with van der Waals surface area (Å²) in [7, 11) is 0. The molecule has 0 atom stereocenters. The van der Waals surface area contributed by atoms with Gasteiger partial charge in [-0.2, -0.15) is 0 Å². The zero-order valence-electron chi connectivity index (χ0n) is 16.1. The summed E-state index contributed by atoms with van der Waals surface area (Å²) in [5, 5.41) is 23.8. The van der Waals surface area contributed by atoms with Crippen LogP contribution >= 0.6 is 0 Å². The van der Waals surface area contributed by atoms with Gasteiger partial charge in [0.15, 0.2) is 0 Å². The Morgan fingerprint density at radius 1 is 1.00 bits per heavy atom. The Labute approximate surface area is 157 Å². The van der Waals surface area contributed by atoms with E-state index in [0.29, 0.717) is 6.54 Å². The Bertz CT molecular complexity index is 397. The summed E-state index contributed by atoms with van der Waals surface area (Å²) in [6, 6.07) is 0. The van der Waals surface area contributed by atoms with E-state index in [-0.39, 0.29) is 6.61 Å². The molecule has 0 aliphatic rings. The minimum Gasteiger partial charge on any atom is -0.447 e. The molecule has 0 aromatic heterocycles. The number of carbonyl (C=O) groups is 2. The quantitative estimate of drug-likeness (QED) is 0.246. The van der Waals surface area contributed by atoms with Gasteiger partial charge in [-0.25, -0.2) is 4.79 Å². The summed E-state index contributed by atoms with van der Waals surface area (Å²) in [4.78, 5) is 23.0. The molecule has 0 heterocycles. The monoisotopic (exact) mass is 372 g/mol. The van der Waals surface area contributed by atoms with Crippen LogP contribution in [-0.4, -0.2) is 54.1 Å². The highest BCUT2D eigenvalue weighted by atomic mass is 16.6. The summed E-state index contributed by atoms with van der Waals surface area (Å²) < 4.78 is 5.00. The van der Waals surface area contributed by atoms with Gasteiger partial charge in [0.05, 0.1) is 13.2 Å². The molecule has 7 nitrogen and oxygen atoms in total. The highest BCUT2D eigenvalue weighted by molar-refractivity contribution is 5.87. The Morgan fingerprint density at radius 3 is 2.04 bits per heavy atom. The molecule has 0 radical (unpaired) electrons. The van der Waals surface area contributed by atoms with E-state index in [2.05, 4.69) is 24.1 Å².